The van der Waals surface area contributed by atoms with E-state index in [1.807, 2.05) is 32.0 Å². The standard InChI is InChI=1S/C16H16ClNO3/c1-3-12-6-7-15(14(8-12)18(19)20)21-16-9-13(10-17)5-4-11(16)2/h4-9H,3,10H2,1-2H3. The van der Waals surface area contributed by atoms with Crippen LogP contribution < -0.4 is 4.74 Å². The van der Waals surface area contributed by atoms with Crippen molar-refractivity contribution in [3.63, 3.8) is 0 Å². The minimum Gasteiger partial charge on any atom is -0.450 e. The van der Waals surface area contributed by atoms with Gasteiger partial charge in [0.15, 0.2) is 0 Å². The normalized spacial score (nSPS) is 10.4. The summed E-state index contributed by atoms with van der Waals surface area (Å²) in [6, 6.07) is 10.6. The molecule has 5 heteroatoms. The number of aryl methyl sites for hydroxylation is 2. The van der Waals surface area contributed by atoms with E-state index in [1.54, 1.807) is 18.2 Å². The second-order valence-corrected chi connectivity index (χ2v) is 5.02. The van der Waals surface area contributed by atoms with E-state index < -0.39 is 4.92 Å². The van der Waals surface area contributed by atoms with Gasteiger partial charge in [0.1, 0.15) is 5.75 Å². The monoisotopic (exact) mass is 305 g/mol. The zero-order valence-corrected chi connectivity index (χ0v) is 12.7. The molecule has 0 spiro atoms. The fourth-order valence-corrected chi connectivity index (χ4v) is 2.13. The summed E-state index contributed by atoms with van der Waals surface area (Å²) in [6.07, 6.45) is 0.738. The van der Waals surface area contributed by atoms with E-state index in [1.165, 1.54) is 0 Å². The third-order valence-electron chi connectivity index (χ3n) is 3.26. The van der Waals surface area contributed by atoms with E-state index in [9.17, 15) is 10.1 Å². The maximum atomic E-state index is 11.2. The van der Waals surface area contributed by atoms with Crippen LogP contribution in [0.1, 0.15) is 23.6 Å². The number of hydrogen-bond donors (Lipinski definition) is 0. The Bertz CT molecular complexity index is 671. The van der Waals surface area contributed by atoms with Crippen molar-refractivity contribution in [1.29, 1.82) is 0 Å². The highest BCUT2D eigenvalue weighted by Crippen LogP contribution is 2.34. The molecule has 2 rings (SSSR count). The number of halogens is 1. The molecule has 0 radical (unpaired) electrons. The number of alkyl halides is 1. The fraction of sp³-hybridized carbons (Fsp3) is 0.250. The lowest BCUT2D eigenvalue weighted by atomic mass is 10.1. The maximum absolute atomic E-state index is 11.2. The average molecular weight is 306 g/mol. The number of ether oxygens (including phenoxy) is 1. The lowest BCUT2D eigenvalue weighted by Crippen LogP contribution is -1.96. The summed E-state index contributed by atoms with van der Waals surface area (Å²) in [7, 11) is 0. The number of hydrogen-bond acceptors (Lipinski definition) is 3. The van der Waals surface area contributed by atoms with Gasteiger partial charge < -0.3 is 4.74 Å². The Labute approximate surface area is 128 Å². The van der Waals surface area contributed by atoms with Crippen LogP contribution in [-0.2, 0) is 12.3 Å². The molecule has 4 nitrogen and oxygen atoms in total. The molecule has 2 aromatic carbocycles. The molecule has 110 valence electrons. The topological polar surface area (TPSA) is 52.4 Å². The zero-order valence-electron chi connectivity index (χ0n) is 11.9. The van der Waals surface area contributed by atoms with Crippen LogP contribution in [0.4, 0.5) is 5.69 Å². The number of nitro benzene ring substituents is 1. The Morgan fingerprint density at radius 2 is 1.86 bits per heavy atom. The maximum Gasteiger partial charge on any atom is 0.311 e. The van der Waals surface area contributed by atoms with Gasteiger partial charge in [0.05, 0.1) is 4.92 Å². The summed E-state index contributed by atoms with van der Waals surface area (Å²) in [5, 5.41) is 11.2. The van der Waals surface area contributed by atoms with Crippen molar-refractivity contribution in [3.8, 4) is 11.5 Å². The Morgan fingerprint density at radius 1 is 1.14 bits per heavy atom. The van der Waals surface area contributed by atoms with Gasteiger partial charge in [-0.05, 0) is 42.2 Å². The van der Waals surface area contributed by atoms with Gasteiger partial charge in [-0.25, -0.2) is 0 Å². The van der Waals surface area contributed by atoms with Crippen molar-refractivity contribution in [3.05, 3.63) is 63.2 Å². The van der Waals surface area contributed by atoms with E-state index in [4.69, 9.17) is 16.3 Å². The van der Waals surface area contributed by atoms with Gasteiger partial charge in [-0.3, -0.25) is 10.1 Å². The molecule has 0 heterocycles. The van der Waals surface area contributed by atoms with Crippen LogP contribution in [0.25, 0.3) is 0 Å². The Morgan fingerprint density at radius 3 is 2.48 bits per heavy atom. The van der Waals surface area contributed by atoms with Gasteiger partial charge in [0, 0.05) is 11.9 Å². The third kappa shape index (κ3) is 3.52. The molecule has 0 N–H and O–H groups in total. The van der Waals surface area contributed by atoms with Crippen molar-refractivity contribution in [2.45, 2.75) is 26.1 Å². The lowest BCUT2D eigenvalue weighted by molar-refractivity contribution is -0.385. The second-order valence-electron chi connectivity index (χ2n) is 4.75. The van der Waals surface area contributed by atoms with Gasteiger partial charge in [-0.15, -0.1) is 11.6 Å². The van der Waals surface area contributed by atoms with Crippen LogP contribution in [0.15, 0.2) is 36.4 Å². The predicted molar refractivity (Wildman–Crippen MR) is 83.3 cm³/mol. The first kappa shape index (κ1) is 15.3. The minimum atomic E-state index is -0.421. The average Bonchev–Trinajstić information content (AvgIpc) is 2.49. The largest absolute Gasteiger partial charge is 0.450 e. The molecule has 0 saturated carbocycles. The molecule has 0 fully saturated rings. The van der Waals surface area contributed by atoms with Crippen molar-refractivity contribution in [2.24, 2.45) is 0 Å². The summed E-state index contributed by atoms with van der Waals surface area (Å²) in [4.78, 5) is 10.8. The first-order valence-corrected chi connectivity index (χ1v) is 7.19. The van der Waals surface area contributed by atoms with Crippen LogP contribution in [0, 0.1) is 17.0 Å². The smallest absolute Gasteiger partial charge is 0.311 e. The lowest BCUT2D eigenvalue weighted by Gasteiger charge is -2.11. The van der Waals surface area contributed by atoms with Gasteiger partial charge >= 0.3 is 5.69 Å². The molecule has 2 aromatic rings. The summed E-state index contributed by atoms with van der Waals surface area (Å²) >= 11 is 5.81. The number of nitro groups is 1. The van der Waals surface area contributed by atoms with Crippen LogP contribution >= 0.6 is 11.6 Å². The van der Waals surface area contributed by atoms with Gasteiger partial charge in [-0.2, -0.15) is 0 Å². The highest BCUT2D eigenvalue weighted by molar-refractivity contribution is 6.17. The number of benzene rings is 2. The number of nitrogens with zero attached hydrogens (tertiary/aromatic N) is 1. The number of rotatable bonds is 5. The van der Waals surface area contributed by atoms with Crippen LogP contribution in [0.3, 0.4) is 0 Å². The van der Waals surface area contributed by atoms with Crippen molar-refractivity contribution in [1.82, 2.24) is 0 Å². The van der Waals surface area contributed by atoms with Gasteiger partial charge in [-0.1, -0.05) is 25.1 Å². The Hall–Kier alpha value is -2.07. The summed E-state index contributed by atoms with van der Waals surface area (Å²) in [5.74, 6) is 1.19. The molecule has 0 aliphatic heterocycles. The van der Waals surface area contributed by atoms with Crippen molar-refractivity contribution < 1.29 is 9.66 Å². The molecular formula is C16H16ClNO3. The molecule has 0 saturated heterocycles. The molecule has 0 aliphatic rings. The highest BCUT2D eigenvalue weighted by Gasteiger charge is 2.17. The zero-order chi connectivity index (χ0) is 15.4. The van der Waals surface area contributed by atoms with Gasteiger partial charge in [0.2, 0.25) is 5.75 Å². The first-order chi connectivity index (χ1) is 10.0. The summed E-state index contributed by atoms with van der Waals surface area (Å²) in [6.45, 7) is 3.84. The van der Waals surface area contributed by atoms with Crippen LogP contribution in [0.5, 0.6) is 11.5 Å². The van der Waals surface area contributed by atoms with E-state index in [2.05, 4.69) is 0 Å². The Balaban J connectivity index is 2.41. The van der Waals surface area contributed by atoms with Crippen molar-refractivity contribution in [2.75, 3.05) is 0 Å². The molecule has 0 bridgehead atoms. The fourth-order valence-electron chi connectivity index (χ4n) is 1.97. The van der Waals surface area contributed by atoms with Crippen LogP contribution in [0.2, 0.25) is 0 Å². The second kappa shape index (κ2) is 6.59. The molecule has 0 aromatic heterocycles. The molecule has 0 amide bonds. The van der Waals surface area contributed by atoms with Crippen molar-refractivity contribution >= 4 is 17.3 Å². The van der Waals surface area contributed by atoms with E-state index in [0.717, 1.165) is 23.1 Å². The van der Waals surface area contributed by atoms with Crippen LogP contribution in [-0.4, -0.2) is 4.92 Å². The molecule has 0 unspecified atom stereocenters. The Kier molecular flexibility index (Phi) is 4.81. The predicted octanol–water partition coefficient (Wildman–Crippen LogP) is 5.00. The summed E-state index contributed by atoms with van der Waals surface area (Å²) < 4.78 is 5.74. The van der Waals surface area contributed by atoms with Gasteiger partial charge in [0.25, 0.3) is 0 Å². The quantitative estimate of drug-likeness (QED) is 0.444. The molecular weight excluding hydrogens is 290 g/mol. The van der Waals surface area contributed by atoms with E-state index in [0.29, 0.717) is 11.6 Å². The SMILES string of the molecule is CCc1ccc(Oc2cc(CCl)ccc2C)c([N+](=O)[O-])c1. The molecule has 21 heavy (non-hydrogen) atoms. The first-order valence-electron chi connectivity index (χ1n) is 6.65. The third-order valence-corrected chi connectivity index (χ3v) is 3.56. The molecule has 0 aliphatic carbocycles. The van der Waals surface area contributed by atoms with E-state index >= 15 is 0 Å². The highest BCUT2D eigenvalue weighted by atomic mass is 35.5. The summed E-state index contributed by atoms with van der Waals surface area (Å²) in [5.41, 5.74) is 2.69. The minimum absolute atomic E-state index is 0.0231. The van der Waals surface area contributed by atoms with E-state index in [-0.39, 0.29) is 11.4 Å². The molecule has 0 atom stereocenters.